The predicted octanol–water partition coefficient (Wildman–Crippen LogP) is 0.795. The van der Waals surface area contributed by atoms with E-state index in [1.807, 2.05) is 18.2 Å². The number of benzene rings is 1. The molecule has 1 aromatic rings. The summed E-state index contributed by atoms with van der Waals surface area (Å²) in [7, 11) is 1.53. The number of rotatable bonds is 7. The van der Waals surface area contributed by atoms with E-state index in [0.29, 0.717) is 13.2 Å². The van der Waals surface area contributed by atoms with Crippen LogP contribution in [0.5, 0.6) is 0 Å². The Kier molecular flexibility index (Phi) is 6.42. The molecule has 1 atom stereocenters. The number of fused-ring (bicyclic) bond motifs is 1. The van der Waals surface area contributed by atoms with Crippen LogP contribution in [-0.4, -0.2) is 49.9 Å². The van der Waals surface area contributed by atoms with E-state index < -0.39 is 17.1 Å². The number of amides is 2. The maximum Gasteiger partial charge on any atom is 0.307 e. The summed E-state index contributed by atoms with van der Waals surface area (Å²) in [4.78, 5) is 36.1. The largest absolute Gasteiger partial charge is 0.456 e. The van der Waals surface area contributed by atoms with E-state index >= 15 is 0 Å². The summed E-state index contributed by atoms with van der Waals surface area (Å²) in [6.45, 7) is 0.376. The Bertz CT molecular complexity index is 593. The molecule has 1 aliphatic heterocycles. The Hall–Kier alpha value is -2.06. The minimum atomic E-state index is -0.584. The summed E-state index contributed by atoms with van der Waals surface area (Å²) in [5, 5.41) is 4.73. The summed E-state index contributed by atoms with van der Waals surface area (Å²) in [6.07, 6.45) is -0.0871. The van der Waals surface area contributed by atoms with Gasteiger partial charge in [-0.15, -0.1) is 11.8 Å². The van der Waals surface area contributed by atoms with Crippen molar-refractivity contribution in [3.63, 3.8) is 0 Å². The SMILES string of the molecule is COCCNC(=O)COC(=O)C[C@H]1Sc2ccccc2NC1=O. The second-order valence-electron chi connectivity index (χ2n) is 4.80. The quantitative estimate of drug-likeness (QED) is 0.564. The van der Waals surface area contributed by atoms with Crippen molar-refractivity contribution >= 4 is 35.2 Å². The first kappa shape index (κ1) is 17.3. The molecule has 0 unspecified atom stereocenters. The fourth-order valence-electron chi connectivity index (χ4n) is 1.93. The smallest absolute Gasteiger partial charge is 0.307 e. The lowest BCUT2D eigenvalue weighted by atomic mass is 10.2. The first-order chi connectivity index (χ1) is 11.1. The monoisotopic (exact) mass is 338 g/mol. The molecule has 1 aliphatic rings. The van der Waals surface area contributed by atoms with Crippen LogP contribution >= 0.6 is 11.8 Å². The molecule has 2 N–H and O–H groups in total. The fraction of sp³-hybridized carbons (Fsp3) is 0.400. The van der Waals surface area contributed by atoms with Crippen molar-refractivity contribution in [2.45, 2.75) is 16.6 Å². The van der Waals surface area contributed by atoms with E-state index in [1.54, 1.807) is 6.07 Å². The molecule has 2 amide bonds. The van der Waals surface area contributed by atoms with Crippen LogP contribution in [0, 0.1) is 0 Å². The highest BCUT2D eigenvalue weighted by molar-refractivity contribution is 8.01. The van der Waals surface area contributed by atoms with Gasteiger partial charge in [0.15, 0.2) is 6.61 Å². The number of hydrogen-bond acceptors (Lipinski definition) is 6. The van der Waals surface area contributed by atoms with Crippen molar-refractivity contribution in [1.82, 2.24) is 5.32 Å². The number of ether oxygens (including phenoxy) is 2. The average Bonchev–Trinajstić information content (AvgIpc) is 2.54. The molecule has 7 nitrogen and oxygen atoms in total. The maximum atomic E-state index is 12.0. The Morgan fingerprint density at radius 3 is 2.91 bits per heavy atom. The van der Waals surface area contributed by atoms with Gasteiger partial charge in [-0.25, -0.2) is 0 Å². The summed E-state index contributed by atoms with van der Waals surface area (Å²) in [6, 6.07) is 7.37. The van der Waals surface area contributed by atoms with Crippen LogP contribution < -0.4 is 10.6 Å². The number of nitrogens with one attached hydrogen (secondary N) is 2. The van der Waals surface area contributed by atoms with E-state index in [-0.39, 0.29) is 18.9 Å². The Morgan fingerprint density at radius 2 is 2.13 bits per heavy atom. The zero-order valence-electron chi connectivity index (χ0n) is 12.7. The lowest BCUT2D eigenvalue weighted by Gasteiger charge is -2.23. The van der Waals surface area contributed by atoms with Crippen LogP contribution in [0.15, 0.2) is 29.2 Å². The van der Waals surface area contributed by atoms with Gasteiger partial charge in [0.2, 0.25) is 5.91 Å². The number of carbonyl (C=O) groups excluding carboxylic acids is 3. The Balaban J connectivity index is 1.77. The van der Waals surface area contributed by atoms with Gasteiger partial charge in [0.05, 0.1) is 24.0 Å². The van der Waals surface area contributed by atoms with Crippen LogP contribution in [-0.2, 0) is 23.9 Å². The summed E-state index contributed by atoms with van der Waals surface area (Å²) >= 11 is 1.31. The summed E-state index contributed by atoms with van der Waals surface area (Å²) in [5.74, 6) is -1.23. The summed E-state index contributed by atoms with van der Waals surface area (Å²) in [5.41, 5.74) is 0.740. The molecule has 0 radical (unpaired) electrons. The molecule has 0 aromatic heterocycles. The topological polar surface area (TPSA) is 93.7 Å². The van der Waals surface area contributed by atoms with Crippen LogP contribution in [0.2, 0.25) is 0 Å². The molecule has 124 valence electrons. The van der Waals surface area contributed by atoms with Crippen molar-refractivity contribution < 1.29 is 23.9 Å². The molecule has 1 heterocycles. The van der Waals surface area contributed by atoms with Gasteiger partial charge in [0.1, 0.15) is 0 Å². The first-order valence-electron chi connectivity index (χ1n) is 7.08. The van der Waals surface area contributed by atoms with Gasteiger partial charge >= 0.3 is 5.97 Å². The molecule has 0 spiro atoms. The lowest BCUT2D eigenvalue weighted by molar-refractivity contribution is -0.149. The maximum absolute atomic E-state index is 12.0. The number of hydrogen-bond donors (Lipinski definition) is 2. The van der Waals surface area contributed by atoms with Crippen molar-refractivity contribution in [3.8, 4) is 0 Å². The van der Waals surface area contributed by atoms with Gasteiger partial charge in [0, 0.05) is 18.6 Å². The van der Waals surface area contributed by atoms with Gasteiger partial charge in [-0.05, 0) is 12.1 Å². The predicted molar refractivity (Wildman–Crippen MR) is 85.2 cm³/mol. The van der Waals surface area contributed by atoms with Crippen molar-refractivity contribution in [2.75, 3.05) is 32.2 Å². The molecule has 0 aliphatic carbocycles. The van der Waals surface area contributed by atoms with Crippen molar-refractivity contribution in [2.24, 2.45) is 0 Å². The highest BCUT2D eigenvalue weighted by Crippen LogP contribution is 2.36. The van der Waals surface area contributed by atoms with E-state index in [4.69, 9.17) is 9.47 Å². The van der Waals surface area contributed by atoms with Gasteiger partial charge in [0.25, 0.3) is 5.91 Å². The number of para-hydroxylation sites is 1. The number of thioether (sulfide) groups is 1. The summed E-state index contributed by atoms with van der Waals surface area (Å²) < 4.78 is 9.68. The molecule has 0 bridgehead atoms. The highest BCUT2D eigenvalue weighted by Gasteiger charge is 2.29. The van der Waals surface area contributed by atoms with Gasteiger partial charge in [-0.3, -0.25) is 14.4 Å². The number of esters is 1. The van der Waals surface area contributed by atoms with E-state index in [0.717, 1.165) is 10.6 Å². The normalized spacial score (nSPS) is 16.2. The second-order valence-corrected chi connectivity index (χ2v) is 6.04. The van der Waals surface area contributed by atoms with Gasteiger partial charge in [-0.1, -0.05) is 12.1 Å². The first-order valence-corrected chi connectivity index (χ1v) is 7.96. The standard InChI is InChI=1S/C15H18N2O5S/c1-21-7-6-16-13(18)9-22-14(19)8-12-15(20)17-10-4-2-3-5-11(10)23-12/h2-5,12H,6-9H2,1H3,(H,16,18)(H,17,20)/t12-/m1/s1. The highest BCUT2D eigenvalue weighted by atomic mass is 32.2. The molecular weight excluding hydrogens is 320 g/mol. The van der Waals surface area contributed by atoms with Crippen LogP contribution in [0.25, 0.3) is 0 Å². The zero-order valence-corrected chi connectivity index (χ0v) is 13.5. The van der Waals surface area contributed by atoms with Crippen LogP contribution in [0.4, 0.5) is 5.69 Å². The number of methoxy groups -OCH3 is 1. The Morgan fingerprint density at radius 1 is 1.35 bits per heavy atom. The average molecular weight is 338 g/mol. The lowest BCUT2D eigenvalue weighted by Crippen LogP contribution is -2.34. The number of carbonyl (C=O) groups is 3. The molecule has 0 fully saturated rings. The molecule has 8 heteroatoms. The molecule has 0 saturated heterocycles. The minimum absolute atomic E-state index is 0.0871. The Labute approximate surface area is 138 Å². The van der Waals surface area contributed by atoms with Gasteiger partial charge in [-0.2, -0.15) is 0 Å². The van der Waals surface area contributed by atoms with Crippen molar-refractivity contribution in [1.29, 1.82) is 0 Å². The van der Waals surface area contributed by atoms with E-state index in [1.165, 1.54) is 18.9 Å². The zero-order chi connectivity index (χ0) is 16.7. The minimum Gasteiger partial charge on any atom is -0.456 e. The van der Waals surface area contributed by atoms with Gasteiger partial charge < -0.3 is 20.1 Å². The third-order valence-corrected chi connectivity index (χ3v) is 4.33. The van der Waals surface area contributed by atoms with Crippen LogP contribution in [0.1, 0.15) is 6.42 Å². The molecular formula is C15H18N2O5S. The van der Waals surface area contributed by atoms with E-state index in [2.05, 4.69) is 10.6 Å². The van der Waals surface area contributed by atoms with E-state index in [9.17, 15) is 14.4 Å². The third-order valence-electron chi connectivity index (χ3n) is 3.05. The van der Waals surface area contributed by atoms with Crippen molar-refractivity contribution in [3.05, 3.63) is 24.3 Å². The third kappa shape index (κ3) is 5.26. The molecule has 2 rings (SSSR count). The molecule has 23 heavy (non-hydrogen) atoms. The second kappa shape index (κ2) is 8.54. The molecule has 0 saturated carbocycles. The fourth-order valence-corrected chi connectivity index (χ4v) is 3.02. The number of anilines is 1. The van der Waals surface area contributed by atoms with Crippen LogP contribution in [0.3, 0.4) is 0 Å². The molecule has 1 aromatic carbocycles.